The Hall–Kier alpha value is -1.01. The molecule has 15 heavy (non-hydrogen) atoms. The molecular weight excluding hydrogens is 214 g/mol. The highest BCUT2D eigenvalue weighted by Crippen LogP contribution is 2.07. The second-order valence-electron chi connectivity index (χ2n) is 3.29. The molecule has 0 radical (unpaired) electrons. The fourth-order valence-electron chi connectivity index (χ4n) is 1.36. The van der Waals surface area contributed by atoms with Crippen LogP contribution in [-0.4, -0.2) is 35.2 Å². The molecule has 2 N–H and O–H groups in total. The highest BCUT2D eigenvalue weighted by atomic mass is 32.2. The number of nitrogens with zero attached hydrogens (tertiary/aromatic N) is 1. The van der Waals surface area contributed by atoms with E-state index in [0.29, 0.717) is 6.54 Å². The van der Waals surface area contributed by atoms with Gasteiger partial charge in [-0.05, 0) is 0 Å². The zero-order valence-corrected chi connectivity index (χ0v) is 9.05. The molecule has 6 heteroatoms. The minimum atomic E-state index is -0.0735. The lowest BCUT2D eigenvalue weighted by Gasteiger charge is -2.21. The van der Waals surface area contributed by atoms with Gasteiger partial charge in [0.25, 0.3) is 0 Å². The van der Waals surface area contributed by atoms with Gasteiger partial charge in [-0.2, -0.15) is 11.8 Å². The van der Waals surface area contributed by atoms with Crippen molar-refractivity contribution in [3.05, 3.63) is 18.0 Å². The summed E-state index contributed by atoms with van der Waals surface area (Å²) in [6, 6.07) is 1.67. The monoisotopic (exact) mass is 227 g/mol. The lowest BCUT2D eigenvalue weighted by atomic mass is 10.3. The van der Waals surface area contributed by atoms with Gasteiger partial charge in [0.1, 0.15) is 12.0 Å². The van der Waals surface area contributed by atoms with Crippen LogP contribution in [0, 0.1) is 0 Å². The third kappa shape index (κ3) is 2.97. The number of rotatable bonds is 3. The topological polar surface area (TPSA) is 67.2 Å². The van der Waals surface area contributed by atoms with Crippen molar-refractivity contribution in [2.45, 2.75) is 12.6 Å². The van der Waals surface area contributed by atoms with E-state index >= 15 is 0 Å². The molecule has 1 amide bonds. The highest BCUT2D eigenvalue weighted by Gasteiger charge is 2.20. The van der Waals surface area contributed by atoms with Gasteiger partial charge in [0.2, 0.25) is 5.91 Å². The van der Waals surface area contributed by atoms with Crippen LogP contribution in [0.1, 0.15) is 5.69 Å². The van der Waals surface area contributed by atoms with Crippen molar-refractivity contribution in [2.24, 2.45) is 0 Å². The Morgan fingerprint density at radius 1 is 1.80 bits per heavy atom. The van der Waals surface area contributed by atoms with Crippen molar-refractivity contribution >= 4 is 17.7 Å². The molecule has 0 bridgehead atoms. The molecule has 0 aromatic carbocycles. The maximum absolute atomic E-state index is 11.6. The zero-order chi connectivity index (χ0) is 10.5. The molecule has 1 atom stereocenters. The largest absolute Gasteiger partial charge is 0.364 e. The highest BCUT2D eigenvalue weighted by molar-refractivity contribution is 7.99. The van der Waals surface area contributed by atoms with Crippen LogP contribution in [0.15, 0.2) is 16.9 Å². The molecule has 1 aromatic heterocycles. The summed E-state index contributed by atoms with van der Waals surface area (Å²) >= 11 is 1.80. The summed E-state index contributed by atoms with van der Waals surface area (Å²) in [5, 5.41) is 9.71. The minimum absolute atomic E-state index is 0.0326. The number of nitrogens with one attached hydrogen (secondary N) is 2. The average molecular weight is 227 g/mol. The number of thioether (sulfide) groups is 1. The average Bonchev–Trinajstić information content (AvgIpc) is 2.80. The first-order valence-corrected chi connectivity index (χ1v) is 6.00. The van der Waals surface area contributed by atoms with Gasteiger partial charge in [-0.3, -0.25) is 4.79 Å². The van der Waals surface area contributed by atoms with E-state index in [9.17, 15) is 4.79 Å². The Morgan fingerprint density at radius 3 is 3.40 bits per heavy atom. The van der Waals surface area contributed by atoms with Crippen LogP contribution in [0.2, 0.25) is 0 Å². The Kier molecular flexibility index (Phi) is 3.63. The molecule has 1 unspecified atom stereocenters. The van der Waals surface area contributed by atoms with Gasteiger partial charge in [0.05, 0.1) is 12.6 Å². The number of hydrogen-bond acceptors (Lipinski definition) is 5. The molecule has 1 saturated heterocycles. The number of carbonyl (C=O) groups excluding carboxylic acids is 1. The van der Waals surface area contributed by atoms with Crippen LogP contribution in [0.25, 0.3) is 0 Å². The second kappa shape index (κ2) is 5.18. The Labute approximate surface area is 92.0 Å². The first-order valence-electron chi connectivity index (χ1n) is 4.84. The van der Waals surface area contributed by atoms with Gasteiger partial charge >= 0.3 is 0 Å². The summed E-state index contributed by atoms with van der Waals surface area (Å²) in [5.41, 5.74) is 0.742. The normalized spacial score (nSPS) is 21.2. The molecular formula is C9H13N3O2S. The van der Waals surface area contributed by atoms with Crippen molar-refractivity contribution < 1.29 is 9.32 Å². The van der Waals surface area contributed by atoms with E-state index in [1.54, 1.807) is 17.8 Å². The Bertz CT molecular complexity index is 309. The fourth-order valence-corrected chi connectivity index (χ4v) is 2.30. The van der Waals surface area contributed by atoms with Crippen LogP contribution in [0.4, 0.5) is 0 Å². The summed E-state index contributed by atoms with van der Waals surface area (Å²) in [6.45, 7) is 1.32. The molecule has 2 heterocycles. The van der Waals surface area contributed by atoms with Gasteiger partial charge in [-0.15, -0.1) is 0 Å². The molecule has 1 fully saturated rings. The standard InChI is InChI=1S/C9H13N3O2S/c13-9(8-6-15-4-2-10-8)11-5-7-1-3-14-12-7/h1,3,8,10H,2,4-6H2,(H,11,13). The maximum Gasteiger partial charge on any atom is 0.238 e. The minimum Gasteiger partial charge on any atom is -0.364 e. The Morgan fingerprint density at radius 2 is 2.73 bits per heavy atom. The number of carbonyl (C=O) groups is 1. The number of hydrogen-bond donors (Lipinski definition) is 2. The first kappa shape index (κ1) is 10.5. The van der Waals surface area contributed by atoms with E-state index in [-0.39, 0.29) is 11.9 Å². The maximum atomic E-state index is 11.6. The lowest BCUT2D eigenvalue weighted by molar-refractivity contribution is -0.122. The van der Waals surface area contributed by atoms with Gasteiger partial charge in [0.15, 0.2) is 0 Å². The van der Waals surface area contributed by atoms with Crippen molar-refractivity contribution in [3.8, 4) is 0 Å². The quantitative estimate of drug-likeness (QED) is 0.760. The van der Waals surface area contributed by atoms with Crippen molar-refractivity contribution in [1.29, 1.82) is 0 Å². The van der Waals surface area contributed by atoms with Crippen LogP contribution in [0.3, 0.4) is 0 Å². The zero-order valence-electron chi connectivity index (χ0n) is 8.23. The van der Waals surface area contributed by atoms with Crippen molar-refractivity contribution in [2.75, 3.05) is 18.1 Å². The molecule has 0 aliphatic carbocycles. The van der Waals surface area contributed by atoms with Gasteiger partial charge in [-0.25, -0.2) is 0 Å². The van der Waals surface area contributed by atoms with E-state index in [1.165, 1.54) is 6.26 Å². The first-order chi connectivity index (χ1) is 7.36. The molecule has 0 spiro atoms. The number of aromatic nitrogens is 1. The van der Waals surface area contributed by atoms with E-state index < -0.39 is 0 Å². The summed E-state index contributed by atoms with van der Waals surface area (Å²) in [6.07, 6.45) is 1.50. The summed E-state index contributed by atoms with van der Waals surface area (Å²) < 4.78 is 4.67. The smallest absolute Gasteiger partial charge is 0.238 e. The van der Waals surface area contributed by atoms with Crippen LogP contribution >= 0.6 is 11.8 Å². The fraction of sp³-hybridized carbons (Fsp3) is 0.556. The van der Waals surface area contributed by atoms with E-state index in [2.05, 4.69) is 20.3 Å². The molecule has 2 rings (SSSR count). The third-order valence-electron chi connectivity index (χ3n) is 2.17. The van der Waals surface area contributed by atoms with Crippen molar-refractivity contribution in [3.63, 3.8) is 0 Å². The van der Waals surface area contributed by atoms with Crippen LogP contribution in [0.5, 0.6) is 0 Å². The van der Waals surface area contributed by atoms with E-state index in [0.717, 1.165) is 23.7 Å². The van der Waals surface area contributed by atoms with E-state index in [4.69, 9.17) is 0 Å². The summed E-state index contributed by atoms with van der Waals surface area (Å²) in [4.78, 5) is 11.6. The van der Waals surface area contributed by atoms with Gasteiger partial charge in [-0.1, -0.05) is 5.16 Å². The predicted octanol–water partition coefficient (Wildman–Crippen LogP) is -0.00420. The molecule has 1 aliphatic rings. The molecule has 0 saturated carbocycles. The third-order valence-corrected chi connectivity index (χ3v) is 3.23. The number of amides is 1. The van der Waals surface area contributed by atoms with E-state index in [1.807, 2.05) is 0 Å². The van der Waals surface area contributed by atoms with Crippen LogP contribution in [-0.2, 0) is 11.3 Å². The Balaban J connectivity index is 1.76. The summed E-state index contributed by atoms with van der Waals surface area (Å²) in [7, 11) is 0. The second-order valence-corrected chi connectivity index (χ2v) is 4.44. The summed E-state index contributed by atoms with van der Waals surface area (Å²) in [5.74, 6) is 1.95. The molecule has 5 nitrogen and oxygen atoms in total. The lowest BCUT2D eigenvalue weighted by Crippen LogP contribution is -2.48. The van der Waals surface area contributed by atoms with Crippen molar-refractivity contribution in [1.82, 2.24) is 15.8 Å². The SMILES string of the molecule is O=C(NCc1ccon1)C1CSCCN1. The molecule has 1 aromatic rings. The van der Waals surface area contributed by atoms with Gasteiger partial charge in [0, 0.05) is 24.1 Å². The van der Waals surface area contributed by atoms with Gasteiger partial charge < -0.3 is 15.2 Å². The predicted molar refractivity (Wildman–Crippen MR) is 57.5 cm³/mol. The molecule has 82 valence electrons. The van der Waals surface area contributed by atoms with Crippen LogP contribution < -0.4 is 10.6 Å². The molecule has 1 aliphatic heterocycles.